The average Bonchev–Trinajstić information content (AvgIpc) is 2.53. The minimum absolute atomic E-state index is 0.00523. The second kappa shape index (κ2) is 6.87. The van der Waals surface area contributed by atoms with Gasteiger partial charge >= 0.3 is 6.18 Å². The van der Waals surface area contributed by atoms with E-state index in [1.807, 2.05) is 0 Å². The molecule has 0 saturated heterocycles. The van der Waals surface area contributed by atoms with Gasteiger partial charge in [0.2, 0.25) is 10.0 Å². The zero-order valence-corrected chi connectivity index (χ0v) is 14.5. The van der Waals surface area contributed by atoms with Gasteiger partial charge in [0.1, 0.15) is 12.1 Å². The molecule has 1 aromatic heterocycles. The summed E-state index contributed by atoms with van der Waals surface area (Å²) in [6, 6.07) is 1.90. The first-order chi connectivity index (χ1) is 11.6. The van der Waals surface area contributed by atoms with Crippen molar-refractivity contribution in [2.45, 2.75) is 19.1 Å². The molecule has 0 aliphatic carbocycles. The van der Waals surface area contributed by atoms with Gasteiger partial charge in [-0.15, -0.1) is 0 Å². The minimum Gasteiger partial charge on any atom is -0.495 e. The van der Waals surface area contributed by atoms with E-state index >= 15 is 0 Å². The number of benzene rings is 1. The lowest BCUT2D eigenvalue weighted by molar-refractivity contribution is -0.137. The van der Waals surface area contributed by atoms with Crippen molar-refractivity contribution in [3.8, 4) is 5.75 Å². The molecule has 0 radical (unpaired) electrons. The van der Waals surface area contributed by atoms with Crippen molar-refractivity contribution >= 4 is 15.7 Å². The van der Waals surface area contributed by atoms with Gasteiger partial charge in [-0.05, 0) is 25.1 Å². The molecule has 1 atom stereocenters. The van der Waals surface area contributed by atoms with Crippen molar-refractivity contribution in [1.82, 2.24) is 9.97 Å². The number of halogens is 3. The van der Waals surface area contributed by atoms with E-state index in [0.717, 1.165) is 28.8 Å². The Hall–Kier alpha value is -2.36. The minimum atomic E-state index is -4.57. The first-order valence-electron chi connectivity index (χ1n) is 7.05. The smallest absolute Gasteiger partial charge is 0.416 e. The fraction of sp³-hybridized carbons (Fsp3) is 0.333. The summed E-state index contributed by atoms with van der Waals surface area (Å²) in [4.78, 5) is 7.68. The predicted molar refractivity (Wildman–Crippen MR) is 85.8 cm³/mol. The first kappa shape index (κ1) is 19.0. The molecule has 10 heteroatoms. The molecule has 25 heavy (non-hydrogen) atoms. The van der Waals surface area contributed by atoms with Crippen LogP contribution in [-0.2, 0) is 16.2 Å². The summed E-state index contributed by atoms with van der Waals surface area (Å²) in [5, 5.41) is 0. The molecule has 136 valence electrons. The normalized spacial score (nSPS) is 13.4. The van der Waals surface area contributed by atoms with E-state index in [0.29, 0.717) is 5.56 Å². The highest BCUT2D eigenvalue weighted by Gasteiger charge is 2.34. The van der Waals surface area contributed by atoms with Crippen molar-refractivity contribution in [3.63, 3.8) is 0 Å². The van der Waals surface area contributed by atoms with Crippen LogP contribution in [0.25, 0.3) is 0 Å². The van der Waals surface area contributed by atoms with Gasteiger partial charge in [0.15, 0.2) is 0 Å². The molecule has 1 unspecified atom stereocenters. The molecular weight excluding hydrogens is 359 g/mol. The molecular formula is C15H16F3N3O3S. The standard InChI is InChI=1S/C15H16F3N3O3S/c1-10(11-7-19-9-20-8-11)21(25(3,22)23)13-5-4-12(15(16,17)18)6-14(13)24-2/h4-10H,1-3H3. The Bertz CT molecular complexity index is 842. The maximum absolute atomic E-state index is 12.9. The Morgan fingerprint density at radius 3 is 2.28 bits per heavy atom. The Kier molecular flexibility index (Phi) is 5.21. The van der Waals surface area contributed by atoms with Crippen molar-refractivity contribution < 1.29 is 26.3 Å². The van der Waals surface area contributed by atoms with Gasteiger partial charge in [0, 0.05) is 18.0 Å². The van der Waals surface area contributed by atoms with Crippen LogP contribution in [0.4, 0.5) is 18.9 Å². The maximum atomic E-state index is 12.9. The van der Waals surface area contributed by atoms with Crippen LogP contribution in [0.2, 0.25) is 0 Å². The summed E-state index contributed by atoms with van der Waals surface area (Å²) < 4.78 is 69.3. The molecule has 0 aliphatic rings. The van der Waals surface area contributed by atoms with Gasteiger partial charge < -0.3 is 4.74 Å². The van der Waals surface area contributed by atoms with Crippen molar-refractivity contribution in [1.29, 1.82) is 0 Å². The number of nitrogens with zero attached hydrogens (tertiary/aromatic N) is 3. The number of sulfonamides is 1. The summed E-state index contributed by atoms with van der Waals surface area (Å²) in [5.41, 5.74) is -0.457. The Balaban J connectivity index is 2.60. The highest BCUT2D eigenvalue weighted by atomic mass is 32.2. The summed E-state index contributed by atoms with van der Waals surface area (Å²) >= 11 is 0. The van der Waals surface area contributed by atoms with Gasteiger partial charge in [-0.1, -0.05) is 0 Å². The Morgan fingerprint density at radius 2 is 1.80 bits per heavy atom. The number of alkyl halides is 3. The van der Waals surface area contributed by atoms with Crippen LogP contribution >= 0.6 is 0 Å². The van der Waals surface area contributed by atoms with Gasteiger partial charge in [-0.2, -0.15) is 13.2 Å². The third kappa shape index (κ3) is 4.19. The van der Waals surface area contributed by atoms with Crippen LogP contribution in [0, 0.1) is 0 Å². The number of ether oxygens (including phenoxy) is 1. The summed E-state index contributed by atoms with van der Waals surface area (Å²) in [5.74, 6) is -0.205. The van der Waals surface area contributed by atoms with Crippen molar-refractivity contribution in [3.05, 3.63) is 48.0 Å². The Labute approximate surface area is 143 Å². The van der Waals surface area contributed by atoms with E-state index in [1.54, 1.807) is 6.92 Å². The largest absolute Gasteiger partial charge is 0.495 e. The van der Waals surface area contributed by atoms with Crippen molar-refractivity contribution in [2.75, 3.05) is 17.7 Å². The van der Waals surface area contributed by atoms with E-state index in [-0.39, 0.29) is 11.4 Å². The average molecular weight is 375 g/mol. The van der Waals surface area contributed by atoms with Crippen LogP contribution in [0.1, 0.15) is 24.1 Å². The summed E-state index contributed by atoms with van der Waals surface area (Å²) in [6.45, 7) is 1.58. The van der Waals surface area contributed by atoms with Gasteiger partial charge in [-0.25, -0.2) is 18.4 Å². The molecule has 6 nitrogen and oxygen atoms in total. The number of aromatic nitrogens is 2. The lowest BCUT2D eigenvalue weighted by Crippen LogP contribution is -2.33. The van der Waals surface area contributed by atoms with E-state index in [4.69, 9.17) is 4.74 Å². The van der Waals surface area contributed by atoms with Crippen LogP contribution in [0.15, 0.2) is 36.9 Å². The fourth-order valence-electron chi connectivity index (χ4n) is 2.37. The van der Waals surface area contributed by atoms with Crippen LogP contribution in [0.5, 0.6) is 5.75 Å². The van der Waals surface area contributed by atoms with Gasteiger partial charge in [-0.3, -0.25) is 4.31 Å². The number of anilines is 1. The van der Waals surface area contributed by atoms with Crippen LogP contribution in [0.3, 0.4) is 0 Å². The zero-order valence-electron chi connectivity index (χ0n) is 13.6. The number of hydrogen-bond acceptors (Lipinski definition) is 5. The third-order valence-corrected chi connectivity index (χ3v) is 4.74. The Morgan fingerprint density at radius 1 is 1.20 bits per heavy atom. The van der Waals surface area contributed by atoms with E-state index in [2.05, 4.69) is 9.97 Å². The second-order valence-electron chi connectivity index (χ2n) is 5.29. The molecule has 0 aliphatic heterocycles. The van der Waals surface area contributed by atoms with Gasteiger partial charge in [0.05, 0.1) is 30.7 Å². The van der Waals surface area contributed by atoms with E-state index < -0.39 is 27.8 Å². The molecule has 2 rings (SSSR count). The molecule has 0 spiro atoms. The lowest BCUT2D eigenvalue weighted by atomic mass is 10.1. The summed E-state index contributed by atoms with van der Waals surface area (Å²) in [7, 11) is -2.65. The molecule has 0 fully saturated rings. The fourth-order valence-corrected chi connectivity index (χ4v) is 3.58. The molecule has 1 heterocycles. The van der Waals surface area contributed by atoms with Crippen molar-refractivity contribution in [2.24, 2.45) is 0 Å². The quantitative estimate of drug-likeness (QED) is 0.803. The number of methoxy groups -OCH3 is 1. The topological polar surface area (TPSA) is 72.4 Å². The highest BCUT2D eigenvalue weighted by molar-refractivity contribution is 7.92. The first-order valence-corrected chi connectivity index (χ1v) is 8.90. The molecule has 2 aromatic rings. The molecule has 0 bridgehead atoms. The molecule has 0 amide bonds. The lowest BCUT2D eigenvalue weighted by Gasteiger charge is -2.30. The monoisotopic (exact) mass is 375 g/mol. The number of rotatable bonds is 5. The van der Waals surface area contributed by atoms with E-state index in [9.17, 15) is 21.6 Å². The predicted octanol–water partition coefficient (Wildman–Crippen LogP) is 3.03. The molecule has 0 saturated carbocycles. The van der Waals surface area contributed by atoms with Crippen LogP contribution < -0.4 is 9.04 Å². The highest BCUT2D eigenvalue weighted by Crippen LogP contribution is 2.40. The van der Waals surface area contributed by atoms with E-state index in [1.165, 1.54) is 25.8 Å². The van der Waals surface area contributed by atoms with Gasteiger partial charge in [0.25, 0.3) is 0 Å². The third-order valence-electron chi connectivity index (χ3n) is 3.52. The number of hydrogen-bond donors (Lipinski definition) is 0. The maximum Gasteiger partial charge on any atom is 0.416 e. The molecule has 1 aromatic carbocycles. The zero-order chi connectivity index (χ0) is 18.8. The van der Waals surface area contributed by atoms with Crippen LogP contribution in [-0.4, -0.2) is 31.8 Å². The summed E-state index contributed by atoms with van der Waals surface area (Å²) in [6.07, 6.45) is 0.559. The SMILES string of the molecule is COc1cc(C(F)(F)F)ccc1N(C(C)c1cncnc1)S(C)(=O)=O. The molecule has 0 N–H and O–H groups in total. The second-order valence-corrected chi connectivity index (χ2v) is 7.15.